The van der Waals surface area contributed by atoms with Crippen molar-refractivity contribution in [1.29, 1.82) is 0 Å². The Kier molecular flexibility index (Phi) is 4.00. The van der Waals surface area contributed by atoms with Gasteiger partial charge in [0.15, 0.2) is 0 Å². The molecule has 0 radical (unpaired) electrons. The predicted octanol–water partition coefficient (Wildman–Crippen LogP) is 2.79. The average Bonchev–Trinajstić information content (AvgIpc) is 2.09. The van der Waals surface area contributed by atoms with Crippen LogP contribution in [-0.4, -0.2) is 6.54 Å². The number of nitrogens with two attached hydrogens (primary N) is 1. The molecule has 0 aliphatic carbocycles. The van der Waals surface area contributed by atoms with Crippen molar-refractivity contribution < 1.29 is 0 Å². The van der Waals surface area contributed by atoms with Crippen LogP contribution < -0.4 is 5.73 Å². The Morgan fingerprint density at radius 3 is 2.46 bits per heavy atom. The first kappa shape index (κ1) is 10.3. The Balaban J connectivity index is 2.54. The molecular weight excluding hydrogens is 182 g/mol. The van der Waals surface area contributed by atoms with Crippen molar-refractivity contribution >= 4 is 11.6 Å². The van der Waals surface area contributed by atoms with Gasteiger partial charge in [0.1, 0.15) is 0 Å². The van der Waals surface area contributed by atoms with E-state index in [4.69, 9.17) is 17.3 Å². The van der Waals surface area contributed by atoms with Crippen LogP contribution in [0.15, 0.2) is 36.4 Å². The van der Waals surface area contributed by atoms with Crippen molar-refractivity contribution in [2.45, 2.75) is 12.8 Å². The second-order valence-electron chi connectivity index (χ2n) is 3.09. The molecule has 0 heterocycles. The lowest BCUT2D eigenvalue weighted by atomic mass is 10.0. The smallest absolute Gasteiger partial charge is 0.0406 e. The molecule has 1 aromatic rings. The summed E-state index contributed by atoms with van der Waals surface area (Å²) in [4.78, 5) is 0. The second kappa shape index (κ2) is 5.05. The van der Waals surface area contributed by atoms with Crippen molar-refractivity contribution in [2.24, 2.45) is 5.73 Å². The first-order valence-corrected chi connectivity index (χ1v) is 4.71. The Labute approximate surface area is 84.2 Å². The van der Waals surface area contributed by atoms with E-state index in [0.29, 0.717) is 6.54 Å². The van der Waals surface area contributed by atoms with Crippen LogP contribution in [0, 0.1) is 0 Å². The monoisotopic (exact) mass is 195 g/mol. The van der Waals surface area contributed by atoms with Gasteiger partial charge in [-0.25, -0.2) is 0 Å². The van der Waals surface area contributed by atoms with E-state index in [1.165, 1.54) is 11.1 Å². The molecule has 13 heavy (non-hydrogen) atoms. The third-order valence-electron chi connectivity index (χ3n) is 1.87. The standard InChI is InChI=1S/C11H14ClN/c1-9(6-7-13)8-10-2-4-11(12)5-3-10/h2-5H,1,6-8,13H2. The molecule has 0 unspecified atom stereocenters. The zero-order chi connectivity index (χ0) is 9.68. The second-order valence-corrected chi connectivity index (χ2v) is 3.53. The summed E-state index contributed by atoms with van der Waals surface area (Å²) < 4.78 is 0. The molecule has 0 saturated heterocycles. The number of halogens is 1. The molecule has 0 saturated carbocycles. The molecule has 0 aromatic heterocycles. The van der Waals surface area contributed by atoms with Gasteiger partial charge in [-0.2, -0.15) is 0 Å². The van der Waals surface area contributed by atoms with E-state index in [1.807, 2.05) is 24.3 Å². The Bertz CT molecular complexity index is 277. The number of rotatable bonds is 4. The Morgan fingerprint density at radius 1 is 1.31 bits per heavy atom. The maximum absolute atomic E-state index is 5.77. The largest absolute Gasteiger partial charge is 0.330 e. The van der Waals surface area contributed by atoms with Crippen LogP contribution in [0.1, 0.15) is 12.0 Å². The van der Waals surface area contributed by atoms with Gasteiger partial charge in [0.25, 0.3) is 0 Å². The SMILES string of the molecule is C=C(CCN)Cc1ccc(Cl)cc1. The maximum Gasteiger partial charge on any atom is 0.0406 e. The summed E-state index contributed by atoms with van der Waals surface area (Å²) in [5, 5.41) is 0.771. The van der Waals surface area contributed by atoms with Crippen LogP contribution in [0.5, 0.6) is 0 Å². The molecule has 0 fully saturated rings. The molecule has 0 spiro atoms. The quantitative estimate of drug-likeness (QED) is 0.735. The highest BCUT2D eigenvalue weighted by molar-refractivity contribution is 6.30. The molecule has 2 N–H and O–H groups in total. The molecule has 0 atom stereocenters. The van der Waals surface area contributed by atoms with E-state index >= 15 is 0 Å². The molecular formula is C11H14ClN. The van der Waals surface area contributed by atoms with Crippen molar-refractivity contribution in [3.8, 4) is 0 Å². The molecule has 70 valence electrons. The van der Waals surface area contributed by atoms with Gasteiger partial charge in [-0.15, -0.1) is 0 Å². The summed E-state index contributed by atoms with van der Waals surface area (Å²) in [5.74, 6) is 0. The number of hydrogen-bond donors (Lipinski definition) is 1. The Hall–Kier alpha value is -0.790. The molecule has 1 aromatic carbocycles. The minimum atomic E-state index is 0.673. The lowest BCUT2D eigenvalue weighted by molar-refractivity contribution is 0.914. The molecule has 2 heteroatoms. The normalized spacial score (nSPS) is 10.0. The highest BCUT2D eigenvalue weighted by atomic mass is 35.5. The summed E-state index contributed by atoms with van der Waals surface area (Å²) in [6, 6.07) is 7.83. The van der Waals surface area contributed by atoms with Crippen LogP contribution in [0.25, 0.3) is 0 Å². The first-order valence-electron chi connectivity index (χ1n) is 4.33. The maximum atomic E-state index is 5.77. The summed E-state index contributed by atoms with van der Waals surface area (Å²) in [7, 11) is 0. The van der Waals surface area contributed by atoms with Gasteiger partial charge in [-0.1, -0.05) is 35.9 Å². The van der Waals surface area contributed by atoms with E-state index < -0.39 is 0 Å². The molecule has 0 aliphatic rings. The van der Waals surface area contributed by atoms with Crippen LogP contribution in [0.2, 0.25) is 5.02 Å². The topological polar surface area (TPSA) is 26.0 Å². The van der Waals surface area contributed by atoms with Crippen molar-refractivity contribution in [3.63, 3.8) is 0 Å². The molecule has 0 aliphatic heterocycles. The highest BCUT2D eigenvalue weighted by Crippen LogP contribution is 2.13. The summed E-state index contributed by atoms with van der Waals surface area (Å²) >= 11 is 5.77. The van der Waals surface area contributed by atoms with Crippen LogP contribution in [-0.2, 0) is 6.42 Å². The van der Waals surface area contributed by atoms with Crippen molar-refractivity contribution in [1.82, 2.24) is 0 Å². The van der Waals surface area contributed by atoms with Gasteiger partial charge in [-0.05, 0) is 37.1 Å². The first-order chi connectivity index (χ1) is 6.22. The number of hydrogen-bond acceptors (Lipinski definition) is 1. The lowest BCUT2D eigenvalue weighted by Gasteiger charge is -2.03. The van der Waals surface area contributed by atoms with Crippen molar-refractivity contribution in [2.75, 3.05) is 6.54 Å². The zero-order valence-corrected chi connectivity index (χ0v) is 8.35. The number of benzene rings is 1. The Morgan fingerprint density at radius 2 is 1.92 bits per heavy atom. The fourth-order valence-corrected chi connectivity index (χ4v) is 1.31. The van der Waals surface area contributed by atoms with Crippen molar-refractivity contribution in [3.05, 3.63) is 47.0 Å². The van der Waals surface area contributed by atoms with Gasteiger partial charge in [0.2, 0.25) is 0 Å². The fraction of sp³-hybridized carbons (Fsp3) is 0.273. The van der Waals surface area contributed by atoms with Gasteiger partial charge in [0.05, 0.1) is 0 Å². The van der Waals surface area contributed by atoms with Gasteiger partial charge < -0.3 is 5.73 Å². The van der Waals surface area contributed by atoms with E-state index in [2.05, 4.69) is 6.58 Å². The van der Waals surface area contributed by atoms with Gasteiger partial charge >= 0.3 is 0 Å². The molecule has 0 amide bonds. The summed E-state index contributed by atoms with van der Waals surface area (Å²) in [6.45, 7) is 4.62. The highest BCUT2D eigenvalue weighted by Gasteiger charge is 1.96. The summed E-state index contributed by atoms with van der Waals surface area (Å²) in [5.41, 5.74) is 7.84. The van der Waals surface area contributed by atoms with Gasteiger partial charge in [-0.3, -0.25) is 0 Å². The third kappa shape index (κ3) is 3.62. The predicted molar refractivity (Wildman–Crippen MR) is 58.0 cm³/mol. The van der Waals surface area contributed by atoms with E-state index in [1.54, 1.807) is 0 Å². The van der Waals surface area contributed by atoms with E-state index in [9.17, 15) is 0 Å². The zero-order valence-electron chi connectivity index (χ0n) is 7.59. The van der Waals surface area contributed by atoms with Crippen LogP contribution in [0.4, 0.5) is 0 Å². The minimum absolute atomic E-state index is 0.673. The lowest BCUT2D eigenvalue weighted by Crippen LogP contribution is -2.01. The third-order valence-corrected chi connectivity index (χ3v) is 2.12. The molecule has 1 rings (SSSR count). The summed E-state index contributed by atoms with van der Waals surface area (Å²) in [6.07, 6.45) is 1.79. The van der Waals surface area contributed by atoms with Crippen LogP contribution in [0.3, 0.4) is 0 Å². The average molecular weight is 196 g/mol. The van der Waals surface area contributed by atoms with Crippen LogP contribution >= 0.6 is 11.6 Å². The fourth-order valence-electron chi connectivity index (χ4n) is 1.18. The van der Waals surface area contributed by atoms with Gasteiger partial charge in [0, 0.05) is 5.02 Å². The van der Waals surface area contributed by atoms with E-state index in [-0.39, 0.29) is 0 Å². The van der Waals surface area contributed by atoms with E-state index in [0.717, 1.165) is 17.9 Å². The minimum Gasteiger partial charge on any atom is -0.330 e. The molecule has 1 nitrogen and oxygen atoms in total. The molecule has 0 bridgehead atoms.